The van der Waals surface area contributed by atoms with Crippen LogP contribution in [0.5, 0.6) is 0 Å². The molecule has 59 heavy (non-hydrogen) atoms. The second kappa shape index (κ2) is 38.8. The Morgan fingerprint density at radius 2 is 1.15 bits per heavy atom. The number of carbonyl (C=O) groups is 2. The van der Waals surface area contributed by atoms with Crippen LogP contribution in [0.1, 0.15) is 123 Å². The van der Waals surface area contributed by atoms with E-state index in [-0.39, 0.29) is 26.1 Å². The minimum atomic E-state index is -4.67. The number of aliphatic hydroxyl groups excluding tert-OH is 1. The lowest BCUT2D eigenvalue weighted by atomic mass is 10.1. The fourth-order valence-corrected chi connectivity index (χ4v) is 5.72. The number of carbonyl (C=O) groups excluding carboxylic acids is 2. The third-order valence-corrected chi connectivity index (χ3v) is 9.33. The Hall–Kier alpha value is -3.37. The maximum absolute atomic E-state index is 12.7. The van der Waals surface area contributed by atoms with Crippen molar-refractivity contribution < 1.29 is 47.2 Å². The van der Waals surface area contributed by atoms with Crippen molar-refractivity contribution in [2.24, 2.45) is 0 Å². The molecule has 0 amide bonds. The molecule has 3 atom stereocenters. The fraction of sp³-hybridized carbons (Fsp3) is 0.583. The Morgan fingerprint density at radius 3 is 1.76 bits per heavy atom. The third kappa shape index (κ3) is 42.6. The summed E-state index contributed by atoms with van der Waals surface area (Å²) in [5.41, 5.74) is 0. The zero-order chi connectivity index (χ0) is 43.7. The van der Waals surface area contributed by atoms with Gasteiger partial charge in [0.15, 0.2) is 6.10 Å². The molecule has 334 valence electrons. The first-order valence-electron chi connectivity index (χ1n) is 21.7. The smallest absolute Gasteiger partial charge is 0.306 e. The van der Waals surface area contributed by atoms with Crippen molar-refractivity contribution in [2.45, 2.75) is 135 Å². The molecule has 10 nitrogen and oxygen atoms in total. The zero-order valence-electron chi connectivity index (χ0n) is 37.0. The molecular weight excluding hydrogens is 765 g/mol. The number of aliphatic hydroxyl groups is 1. The Kier molecular flexibility index (Phi) is 36.6. The van der Waals surface area contributed by atoms with Crippen molar-refractivity contribution >= 4 is 19.8 Å². The van der Waals surface area contributed by atoms with Crippen LogP contribution >= 0.6 is 7.82 Å². The monoisotopic (exact) mass is 844 g/mol. The first-order valence-corrected chi connectivity index (χ1v) is 23.2. The van der Waals surface area contributed by atoms with Crippen molar-refractivity contribution in [1.29, 1.82) is 0 Å². The predicted molar refractivity (Wildman–Crippen MR) is 241 cm³/mol. The van der Waals surface area contributed by atoms with Gasteiger partial charge in [-0.1, -0.05) is 136 Å². The highest BCUT2D eigenvalue weighted by Crippen LogP contribution is 2.38. The standard InChI is InChI=1S/C48H78NO9P/c1-6-8-10-11-12-13-14-15-16-17-18-19-23-26-29-32-35-39-47(51)55-43-46(44-57-59(53,54)56-42-41-49(3,4)5)58-48(52)40-36-33-30-27-24-21-20-22-25-28-31-34-38-45(50)37-9-7-2/h8-10,12-13,15-16,18-21,25,27-28,30-31,34,37,45-46,50H,6-7,11,14,17,22-24,26,29,32-33,35-36,38-44H2,1-5H3/b10-8-,13-12-,16-15-,19-18-,21-20-,28-25-,30-27-,34-31+,37-9-/t45?,46-/m1/s1. The Morgan fingerprint density at radius 1 is 0.627 bits per heavy atom. The summed E-state index contributed by atoms with van der Waals surface area (Å²) in [6.07, 6.45) is 48.9. The molecule has 0 saturated heterocycles. The fourth-order valence-electron chi connectivity index (χ4n) is 4.99. The maximum atomic E-state index is 12.7. The Balaban J connectivity index is 4.57. The lowest BCUT2D eigenvalue weighted by Crippen LogP contribution is -2.37. The van der Waals surface area contributed by atoms with Crippen LogP contribution in [-0.4, -0.2) is 81.2 Å². The van der Waals surface area contributed by atoms with Gasteiger partial charge in [-0.05, 0) is 83.5 Å². The van der Waals surface area contributed by atoms with Gasteiger partial charge in [-0.25, -0.2) is 0 Å². The van der Waals surface area contributed by atoms with Gasteiger partial charge in [-0.3, -0.25) is 14.2 Å². The first kappa shape index (κ1) is 55.6. The van der Waals surface area contributed by atoms with Gasteiger partial charge in [0, 0.05) is 12.8 Å². The molecule has 0 spiro atoms. The van der Waals surface area contributed by atoms with Gasteiger partial charge in [0.2, 0.25) is 0 Å². The van der Waals surface area contributed by atoms with E-state index in [1.165, 1.54) is 0 Å². The van der Waals surface area contributed by atoms with Crippen LogP contribution in [0.15, 0.2) is 109 Å². The van der Waals surface area contributed by atoms with Gasteiger partial charge >= 0.3 is 11.9 Å². The van der Waals surface area contributed by atoms with Crippen LogP contribution in [0.25, 0.3) is 0 Å². The highest BCUT2D eigenvalue weighted by Gasteiger charge is 2.21. The van der Waals surface area contributed by atoms with Crippen molar-refractivity contribution in [1.82, 2.24) is 0 Å². The summed E-state index contributed by atoms with van der Waals surface area (Å²) in [5, 5.41) is 9.77. The first-order chi connectivity index (χ1) is 28.4. The minimum absolute atomic E-state index is 0.0603. The molecule has 2 unspecified atom stereocenters. The average Bonchev–Trinajstić information content (AvgIpc) is 3.18. The van der Waals surface area contributed by atoms with Crippen LogP contribution < -0.4 is 4.89 Å². The number of phosphoric ester groups is 1. The third-order valence-electron chi connectivity index (χ3n) is 8.36. The topological polar surface area (TPSA) is 131 Å². The summed E-state index contributed by atoms with van der Waals surface area (Å²) in [4.78, 5) is 37.5. The zero-order valence-corrected chi connectivity index (χ0v) is 37.9. The molecule has 1 N–H and O–H groups in total. The summed E-state index contributed by atoms with van der Waals surface area (Å²) in [7, 11) is 1.06. The van der Waals surface area contributed by atoms with E-state index in [4.69, 9.17) is 18.5 Å². The van der Waals surface area contributed by atoms with Gasteiger partial charge in [0.1, 0.15) is 19.8 Å². The SMILES string of the molecule is CC/C=C\C/C=C\C/C=C\C/C=C\CCCCCCC(=O)OC[C@H](COP(=O)([O-])OCC[N+](C)(C)C)OC(=O)CCC/C=C\C/C=C\C/C=C\C=C\CC(O)/C=C\CC. The summed E-state index contributed by atoms with van der Waals surface area (Å²) < 4.78 is 33.8. The summed E-state index contributed by atoms with van der Waals surface area (Å²) in [6.45, 7) is 3.73. The quantitative estimate of drug-likeness (QED) is 0.0162. The normalized spacial score (nSPS) is 15.2. The van der Waals surface area contributed by atoms with Crippen LogP contribution in [-0.2, 0) is 32.7 Å². The van der Waals surface area contributed by atoms with E-state index in [9.17, 15) is 24.2 Å². The van der Waals surface area contributed by atoms with Crippen molar-refractivity contribution in [3.8, 4) is 0 Å². The lowest BCUT2D eigenvalue weighted by molar-refractivity contribution is -0.870. The van der Waals surface area contributed by atoms with Gasteiger partial charge in [-0.2, -0.15) is 0 Å². The number of hydrogen-bond donors (Lipinski definition) is 1. The van der Waals surface area contributed by atoms with Crippen molar-refractivity contribution in [3.05, 3.63) is 109 Å². The number of allylic oxidation sites excluding steroid dienone is 16. The van der Waals surface area contributed by atoms with Crippen LogP contribution in [0.3, 0.4) is 0 Å². The number of quaternary nitrogens is 1. The van der Waals surface area contributed by atoms with E-state index in [1.807, 2.05) is 76.7 Å². The van der Waals surface area contributed by atoms with E-state index in [2.05, 4.69) is 67.7 Å². The highest BCUT2D eigenvalue weighted by molar-refractivity contribution is 7.45. The molecule has 0 aromatic heterocycles. The molecule has 0 aliphatic carbocycles. The second-order valence-corrected chi connectivity index (χ2v) is 16.6. The molecule has 0 radical (unpaired) electrons. The summed E-state index contributed by atoms with van der Waals surface area (Å²) in [6, 6.07) is 0. The minimum Gasteiger partial charge on any atom is -0.756 e. The molecule has 0 aromatic carbocycles. The van der Waals surface area contributed by atoms with Crippen LogP contribution in [0.2, 0.25) is 0 Å². The number of esters is 2. The van der Waals surface area contributed by atoms with Crippen molar-refractivity contribution in [3.63, 3.8) is 0 Å². The maximum Gasteiger partial charge on any atom is 0.306 e. The van der Waals surface area contributed by atoms with Crippen LogP contribution in [0, 0.1) is 0 Å². The van der Waals surface area contributed by atoms with Gasteiger partial charge in [0.05, 0.1) is 33.9 Å². The Labute approximate surface area is 358 Å². The van der Waals surface area contributed by atoms with E-state index < -0.39 is 38.6 Å². The molecule has 0 rings (SSSR count). The second-order valence-electron chi connectivity index (χ2n) is 15.1. The largest absolute Gasteiger partial charge is 0.756 e. The molecule has 0 saturated carbocycles. The number of rotatable bonds is 37. The van der Waals surface area contributed by atoms with E-state index in [0.717, 1.165) is 70.6 Å². The van der Waals surface area contributed by atoms with Crippen molar-refractivity contribution in [2.75, 3.05) is 47.5 Å². The number of phosphoric acid groups is 1. The van der Waals surface area contributed by atoms with Gasteiger partial charge in [-0.15, -0.1) is 0 Å². The van der Waals surface area contributed by atoms with E-state index in [0.29, 0.717) is 36.7 Å². The number of nitrogens with zero attached hydrogens (tertiary/aromatic N) is 1. The highest BCUT2D eigenvalue weighted by atomic mass is 31.2. The molecule has 0 aromatic rings. The predicted octanol–water partition coefficient (Wildman–Crippen LogP) is 10.7. The molecule has 0 bridgehead atoms. The molecule has 0 fully saturated rings. The Bertz CT molecular complexity index is 1380. The van der Waals surface area contributed by atoms with Gasteiger partial charge < -0.3 is 33.0 Å². The molecule has 0 aliphatic rings. The van der Waals surface area contributed by atoms with Crippen LogP contribution in [0.4, 0.5) is 0 Å². The van der Waals surface area contributed by atoms with E-state index in [1.54, 1.807) is 0 Å². The summed E-state index contributed by atoms with van der Waals surface area (Å²) >= 11 is 0. The summed E-state index contributed by atoms with van der Waals surface area (Å²) in [5.74, 6) is -0.969. The lowest BCUT2D eigenvalue weighted by Gasteiger charge is -2.28. The average molecular weight is 844 g/mol. The van der Waals surface area contributed by atoms with E-state index >= 15 is 0 Å². The molecule has 11 heteroatoms. The van der Waals surface area contributed by atoms with Gasteiger partial charge in [0.25, 0.3) is 7.82 Å². The number of likely N-dealkylation sites (N-methyl/N-ethyl adjacent to an activating group) is 1. The molecular formula is C48H78NO9P. The number of hydrogen-bond acceptors (Lipinski definition) is 9. The molecule has 0 aliphatic heterocycles. The number of ether oxygens (including phenoxy) is 2. The molecule has 0 heterocycles. The number of unbranched alkanes of at least 4 members (excludes halogenated alkanes) is 5.